The summed E-state index contributed by atoms with van der Waals surface area (Å²) in [6, 6.07) is 6.18. The molecule has 0 radical (unpaired) electrons. The van der Waals surface area contributed by atoms with E-state index in [2.05, 4.69) is 20.7 Å². The Morgan fingerprint density at radius 3 is 2.32 bits per heavy atom. The highest BCUT2D eigenvalue weighted by Gasteiger charge is 2.41. The molecule has 1 aromatic carbocycles. The standard InChI is InChI=1S/C12H11BrF4O2/c1-7(19-6-12(16,17)11(14)15)10(18)8-2-4-9(13)5-3-8/h2-5,7,11H,6H2,1H3. The maximum absolute atomic E-state index is 12.6. The van der Waals surface area contributed by atoms with Gasteiger partial charge in [0.1, 0.15) is 12.7 Å². The van der Waals surface area contributed by atoms with E-state index in [0.717, 1.165) is 4.47 Å². The van der Waals surface area contributed by atoms with Gasteiger partial charge in [0, 0.05) is 10.0 Å². The topological polar surface area (TPSA) is 26.3 Å². The molecule has 0 aliphatic heterocycles. The second kappa shape index (κ2) is 6.47. The van der Waals surface area contributed by atoms with Gasteiger partial charge in [0.05, 0.1) is 0 Å². The van der Waals surface area contributed by atoms with Crippen molar-refractivity contribution >= 4 is 21.7 Å². The van der Waals surface area contributed by atoms with E-state index < -0.39 is 30.8 Å². The Morgan fingerprint density at radius 2 is 1.84 bits per heavy atom. The Bertz CT molecular complexity index is 434. The fourth-order valence-electron chi connectivity index (χ4n) is 1.22. The fourth-order valence-corrected chi connectivity index (χ4v) is 1.49. The third kappa shape index (κ3) is 4.58. The Labute approximate surface area is 115 Å². The first-order chi connectivity index (χ1) is 8.74. The van der Waals surface area contributed by atoms with E-state index in [1.807, 2.05) is 0 Å². The van der Waals surface area contributed by atoms with E-state index in [9.17, 15) is 22.4 Å². The summed E-state index contributed by atoms with van der Waals surface area (Å²) in [5, 5.41) is 0. The molecule has 0 saturated heterocycles. The van der Waals surface area contributed by atoms with Gasteiger partial charge >= 0.3 is 12.3 Å². The minimum atomic E-state index is -4.26. The van der Waals surface area contributed by atoms with Crippen LogP contribution in [0.15, 0.2) is 28.7 Å². The van der Waals surface area contributed by atoms with Crippen LogP contribution in [0.1, 0.15) is 17.3 Å². The number of benzene rings is 1. The van der Waals surface area contributed by atoms with Crippen molar-refractivity contribution in [2.75, 3.05) is 6.61 Å². The van der Waals surface area contributed by atoms with Gasteiger partial charge in [-0.05, 0) is 19.1 Å². The van der Waals surface area contributed by atoms with E-state index in [4.69, 9.17) is 0 Å². The lowest BCUT2D eigenvalue weighted by atomic mass is 10.1. The molecule has 0 heterocycles. The van der Waals surface area contributed by atoms with Crippen molar-refractivity contribution in [3.05, 3.63) is 34.3 Å². The Balaban J connectivity index is 2.61. The summed E-state index contributed by atoms with van der Waals surface area (Å²) in [6.07, 6.45) is -5.03. The van der Waals surface area contributed by atoms with Crippen LogP contribution in [0, 0.1) is 0 Å². The molecule has 1 aromatic rings. The van der Waals surface area contributed by atoms with Gasteiger partial charge < -0.3 is 4.74 Å². The smallest absolute Gasteiger partial charge is 0.330 e. The van der Waals surface area contributed by atoms with Crippen LogP contribution in [0.4, 0.5) is 17.6 Å². The number of hydrogen-bond acceptors (Lipinski definition) is 2. The average molecular weight is 343 g/mol. The lowest BCUT2D eigenvalue weighted by Gasteiger charge is -2.18. The monoisotopic (exact) mass is 342 g/mol. The highest BCUT2D eigenvalue weighted by Crippen LogP contribution is 2.24. The zero-order chi connectivity index (χ0) is 14.6. The minimum Gasteiger partial charge on any atom is -0.364 e. The molecule has 0 N–H and O–H groups in total. The third-order valence-corrected chi connectivity index (χ3v) is 2.87. The van der Waals surface area contributed by atoms with E-state index in [-0.39, 0.29) is 5.56 Å². The van der Waals surface area contributed by atoms with Crippen molar-refractivity contribution in [3.8, 4) is 0 Å². The van der Waals surface area contributed by atoms with Crippen LogP contribution >= 0.6 is 15.9 Å². The molecule has 0 spiro atoms. The van der Waals surface area contributed by atoms with E-state index in [0.29, 0.717) is 0 Å². The maximum atomic E-state index is 12.6. The molecule has 0 fully saturated rings. The molecule has 0 amide bonds. The lowest BCUT2D eigenvalue weighted by molar-refractivity contribution is -0.170. The molecule has 0 aliphatic carbocycles. The summed E-state index contributed by atoms with van der Waals surface area (Å²) in [6.45, 7) is -0.250. The number of rotatable bonds is 6. The van der Waals surface area contributed by atoms with Gasteiger partial charge in [-0.1, -0.05) is 28.1 Å². The SMILES string of the molecule is CC(OCC(F)(F)C(F)F)C(=O)c1ccc(Br)cc1. The first kappa shape index (κ1) is 16.1. The highest BCUT2D eigenvalue weighted by molar-refractivity contribution is 9.10. The molecule has 0 saturated carbocycles. The van der Waals surface area contributed by atoms with E-state index in [1.54, 1.807) is 12.1 Å². The number of alkyl halides is 4. The van der Waals surface area contributed by atoms with Crippen LogP contribution < -0.4 is 0 Å². The molecule has 0 bridgehead atoms. The van der Waals surface area contributed by atoms with Crippen LogP contribution in [0.3, 0.4) is 0 Å². The van der Waals surface area contributed by atoms with Gasteiger partial charge in [0.2, 0.25) is 0 Å². The van der Waals surface area contributed by atoms with Gasteiger partial charge in [0.15, 0.2) is 5.78 Å². The third-order valence-electron chi connectivity index (χ3n) is 2.34. The van der Waals surface area contributed by atoms with Crippen molar-refractivity contribution in [3.63, 3.8) is 0 Å². The second-order valence-corrected chi connectivity index (χ2v) is 4.80. The molecule has 1 unspecified atom stereocenters. The molecular weight excluding hydrogens is 332 g/mol. The van der Waals surface area contributed by atoms with E-state index >= 15 is 0 Å². The maximum Gasteiger partial charge on any atom is 0.330 e. The fraction of sp³-hybridized carbons (Fsp3) is 0.417. The van der Waals surface area contributed by atoms with Crippen molar-refractivity contribution in [1.82, 2.24) is 0 Å². The van der Waals surface area contributed by atoms with Crippen LogP contribution in [0.5, 0.6) is 0 Å². The molecular formula is C12H11BrF4O2. The van der Waals surface area contributed by atoms with Gasteiger partial charge in [-0.15, -0.1) is 0 Å². The number of carbonyl (C=O) groups excluding carboxylic acids is 1. The van der Waals surface area contributed by atoms with Crippen molar-refractivity contribution in [2.45, 2.75) is 25.4 Å². The summed E-state index contributed by atoms with van der Waals surface area (Å²) >= 11 is 3.18. The van der Waals surface area contributed by atoms with Crippen molar-refractivity contribution in [1.29, 1.82) is 0 Å². The van der Waals surface area contributed by atoms with Crippen LogP contribution in [0.25, 0.3) is 0 Å². The van der Waals surface area contributed by atoms with Gasteiger partial charge in [-0.25, -0.2) is 8.78 Å². The molecule has 1 atom stereocenters. The first-order valence-electron chi connectivity index (χ1n) is 5.31. The number of ketones is 1. The number of carbonyl (C=O) groups is 1. The van der Waals surface area contributed by atoms with Crippen molar-refractivity contribution < 1.29 is 27.1 Å². The summed E-state index contributed by atoms with van der Waals surface area (Å²) in [5.74, 6) is -4.80. The summed E-state index contributed by atoms with van der Waals surface area (Å²) in [5.41, 5.74) is 0.260. The highest BCUT2D eigenvalue weighted by atomic mass is 79.9. The first-order valence-corrected chi connectivity index (χ1v) is 6.10. The van der Waals surface area contributed by atoms with Gasteiger partial charge in [0.25, 0.3) is 0 Å². The van der Waals surface area contributed by atoms with Gasteiger partial charge in [-0.3, -0.25) is 4.79 Å². The Kier molecular flexibility index (Phi) is 5.49. The molecule has 7 heteroatoms. The zero-order valence-electron chi connectivity index (χ0n) is 9.88. The van der Waals surface area contributed by atoms with Gasteiger partial charge in [-0.2, -0.15) is 8.78 Å². The predicted molar refractivity (Wildman–Crippen MR) is 64.8 cm³/mol. The van der Waals surface area contributed by atoms with Crippen LogP contribution in [-0.4, -0.2) is 30.8 Å². The summed E-state index contributed by atoms with van der Waals surface area (Å²) in [4.78, 5) is 11.8. The second-order valence-electron chi connectivity index (χ2n) is 3.89. The molecule has 106 valence electrons. The normalized spacial score (nSPS) is 13.6. The predicted octanol–water partition coefficient (Wildman–Crippen LogP) is 3.94. The molecule has 0 aromatic heterocycles. The number of Topliss-reactive ketones (excluding diaryl/α,β-unsaturated/α-hetero) is 1. The van der Waals surface area contributed by atoms with Crippen LogP contribution in [0.2, 0.25) is 0 Å². The summed E-state index contributed by atoms with van der Waals surface area (Å²) in [7, 11) is 0. The number of halogens is 5. The molecule has 1 rings (SSSR count). The molecule has 19 heavy (non-hydrogen) atoms. The number of ether oxygens (including phenoxy) is 1. The summed E-state index contributed by atoms with van der Waals surface area (Å²) < 4.78 is 54.4. The molecule has 2 nitrogen and oxygen atoms in total. The molecule has 0 aliphatic rings. The lowest BCUT2D eigenvalue weighted by Crippen LogP contribution is -2.35. The number of hydrogen-bond donors (Lipinski definition) is 0. The Morgan fingerprint density at radius 1 is 1.32 bits per heavy atom. The quantitative estimate of drug-likeness (QED) is 0.578. The minimum absolute atomic E-state index is 0.260. The van der Waals surface area contributed by atoms with Crippen LogP contribution in [-0.2, 0) is 4.74 Å². The zero-order valence-corrected chi connectivity index (χ0v) is 11.5. The average Bonchev–Trinajstić information content (AvgIpc) is 2.36. The Hall–Kier alpha value is -0.950. The van der Waals surface area contributed by atoms with Crippen molar-refractivity contribution in [2.24, 2.45) is 0 Å². The largest absolute Gasteiger partial charge is 0.364 e. The van der Waals surface area contributed by atoms with E-state index in [1.165, 1.54) is 19.1 Å².